The maximum atomic E-state index is 12.2. The molecule has 0 aliphatic carbocycles. The Labute approximate surface area is 124 Å². The van der Waals surface area contributed by atoms with E-state index in [9.17, 15) is 4.79 Å². The van der Waals surface area contributed by atoms with Crippen molar-refractivity contribution in [3.63, 3.8) is 0 Å². The summed E-state index contributed by atoms with van der Waals surface area (Å²) in [5, 5.41) is 2.87. The molecule has 1 aromatic heterocycles. The molecule has 0 saturated carbocycles. The molecule has 2 rings (SSSR count). The zero-order chi connectivity index (χ0) is 15.1. The number of rotatable bonds is 3. The van der Waals surface area contributed by atoms with Crippen molar-refractivity contribution >= 4 is 5.91 Å². The Balaban J connectivity index is 2.12. The molecule has 1 aromatic carbocycles. The molecule has 106 valence electrons. The van der Waals surface area contributed by atoms with Crippen molar-refractivity contribution in [2.24, 2.45) is 5.73 Å². The van der Waals surface area contributed by atoms with Gasteiger partial charge >= 0.3 is 0 Å². The molecule has 0 atom stereocenters. The predicted molar refractivity (Wildman–Crippen MR) is 82.5 cm³/mol. The molecule has 0 fully saturated rings. The second kappa shape index (κ2) is 7.22. The Hall–Kier alpha value is -2.64. The first-order chi connectivity index (χ1) is 10.2. The summed E-state index contributed by atoms with van der Waals surface area (Å²) < 4.78 is 0. The van der Waals surface area contributed by atoms with Crippen LogP contribution >= 0.6 is 0 Å². The van der Waals surface area contributed by atoms with E-state index in [1.54, 1.807) is 18.3 Å². The summed E-state index contributed by atoms with van der Waals surface area (Å²) in [7, 11) is 0. The standard InChI is InChI=1S/C17H17N3O/c1-13-6-2-3-7-15(13)12-20-17(21)16-14(8-4-10-18)9-5-11-19-16/h2-3,5-7,9,11H,10,12,18H2,1H3,(H,20,21). The lowest BCUT2D eigenvalue weighted by molar-refractivity contribution is 0.0945. The Morgan fingerprint density at radius 2 is 2.10 bits per heavy atom. The molecular weight excluding hydrogens is 262 g/mol. The average molecular weight is 279 g/mol. The van der Waals surface area contributed by atoms with Crippen molar-refractivity contribution in [1.29, 1.82) is 0 Å². The fourth-order valence-electron chi connectivity index (χ4n) is 1.90. The minimum Gasteiger partial charge on any atom is -0.347 e. The highest BCUT2D eigenvalue weighted by molar-refractivity contribution is 5.94. The van der Waals surface area contributed by atoms with Crippen LogP contribution in [0.25, 0.3) is 0 Å². The van der Waals surface area contributed by atoms with Gasteiger partial charge in [-0.25, -0.2) is 4.98 Å². The van der Waals surface area contributed by atoms with Crippen molar-refractivity contribution in [3.8, 4) is 11.8 Å². The number of pyridine rings is 1. The molecule has 3 N–H and O–H groups in total. The molecule has 0 unspecified atom stereocenters. The summed E-state index contributed by atoms with van der Waals surface area (Å²) in [6.45, 7) is 2.73. The monoisotopic (exact) mass is 279 g/mol. The van der Waals surface area contributed by atoms with Crippen molar-refractivity contribution in [3.05, 3.63) is 65.0 Å². The minimum atomic E-state index is -0.236. The van der Waals surface area contributed by atoms with Crippen LogP contribution in [0.4, 0.5) is 0 Å². The molecule has 4 nitrogen and oxygen atoms in total. The van der Waals surface area contributed by atoms with Gasteiger partial charge in [-0.15, -0.1) is 0 Å². The first-order valence-corrected chi connectivity index (χ1v) is 6.69. The molecule has 0 aliphatic heterocycles. The highest BCUT2D eigenvalue weighted by Gasteiger charge is 2.11. The van der Waals surface area contributed by atoms with Crippen molar-refractivity contribution in [2.75, 3.05) is 6.54 Å². The average Bonchev–Trinajstić information content (AvgIpc) is 2.52. The number of nitrogens with one attached hydrogen (secondary N) is 1. The van der Waals surface area contributed by atoms with Crippen LogP contribution in [0, 0.1) is 18.8 Å². The molecule has 0 spiro atoms. The largest absolute Gasteiger partial charge is 0.347 e. The maximum Gasteiger partial charge on any atom is 0.271 e. The van der Waals surface area contributed by atoms with E-state index >= 15 is 0 Å². The first kappa shape index (κ1) is 14.8. The number of nitrogens with two attached hydrogens (primary N) is 1. The molecule has 2 aromatic rings. The second-order valence-corrected chi connectivity index (χ2v) is 4.51. The molecule has 1 amide bonds. The highest BCUT2D eigenvalue weighted by atomic mass is 16.1. The molecular formula is C17H17N3O. The van der Waals surface area contributed by atoms with E-state index < -0.39 is 0 Å². The zero-order valence-corrected chi connectivity index (χ0v) is 11.9. The van der Waals surface area contributed by atoms with Crippen LogP contribution in [0.3, 0.4) is 0 Å². The number of aryl methyl sites for hydroxylation is 1. The number of nitrogens with zero attached hydrogens (tertiary/aromatic N) is 1. The van der Waals surface area contributed by atoms with E-state index in [1.165, 1.54) is 0 Å². The fraction of sp³-hybridized carbons (Fsp3) is 0.176. The third-order valence-electron chi connectivity index (χ3n) is 3.05. The molecule has 0 saturated heterocycles. The van der Waals surface area contributed by atoms with Gasteiger partial charge in [0.25, 0.3) is 5.91 Å². The third-order valence-corrected chi connectivity index (χ3v) is 3.05. The summed E-state index contributed by atoms with van der Waals surface area (Å²) in [6, 6.07) is 11.4. The number of hydrogen-bond acceptors (Lipinski definition) is 3. The van der Waals surface area contributed by atoms with E-state index in [2.05, 4.69) is 22.1 Å². The van der Waals surface area contributed by atoms with Crippen LogP contribution in [-0.2, 0) is 6.54 Å². The van der Waals surface area contributed by atoms with Crippen LogP contribution < -0.4 is 11.1 Å². The highest BCUT2D eigenvalue weighted by Crippen LogP contribution is 2.08. The van der Waals surface area contributed by atoms with Crippen molar-refractivity contribution in [1.82, 2.24) is 10.3 Å². The van der Waals surface area contributed by atoms with Gasteiger partial charge < -0.3 is 11.1 Å². The van der Waals surface area contributed by atoms with Gasteiger partial charge in [0.15, 0.2) is 0 Å². The third kappa shape index (κ3) is 3.91. The number of carbonyl (C=O) groups is 1. The lowest BCUT2D eigenvalue weighted by Crippen LogP contribution is -2.25. The first-order valence-electron chi connectivity index (χ1n) is 6.69. The van der Waals surface area contributed by atoms with E-state index in [1.807, 2.05) is 31.2 Å². The van der Waals surface area contributed by atoms with Gasteiger partial charge in [-0.1, -0.05) is 36.1 Å². The summed E-state index contributed by atoms with van der Waals surface area (Å²) in [6.07, 6.45) is 1.58. The number of aromatic nitrogens is 1. The lowest BCUT2D eigenvalue weighted by Gasteiger charge is -2.08. The van der Waals surface area contributed by atoms with Crippen LogP contribution in [0.15, 0.2) is 42.6 Å². The van der Waals surface area contributed by atoms with E-state index in [4.69, 9.17) is 5.73 Å². The summed E-state index contributed by atoms with van der Waals surface area (Å²) in [4.78, 5) is 16.4. The topological polar surface area (TPSA) is 68.0 Å². The quantitative estimate of drug-likeness (QED) is 0.839. The van der Waals surface area contributed by atoms with E-state index in [0.29, 0.717) is 17.8 Å². The van der Waals surface area contributed by atoms with E-state index in [0.717, 1.165) is 11.1 Å². The minimum absolute atomic E-state index is 0.236. The Morgan fingerprint density at radius 3 is 2.86 bits per heavy atom. The normalized spacial score (nSPS) is 9.62. The Kier molecular flexibility index (Phi) is 5.08. The number of benzene rings is 1. The number of carbonyl (C=O) groups excluding carboxylic acids is 1. The van der Waals surface area contributed by atoms with Gasteiger partial charge in [0.1, 0.15) is 5.69 Å². The van der Waals surface area contributed by atoms with Gasteiger partial charge in [-0.2, -0.15) is 0 Å². The van der Waals surface area contributed by atoms with Gasteiger partial charge in [0, 0.05) is 12.7 Å². The summed E-state index contributed by atoms with van der Waals surface area (Å²) in [5.41, 5.74) is 8.49. The molecule has 0 aliphatic rings. The van der Waals surface area contributed by atoms with E-state index in [-0.39, 0.29) is 12.5 Å². The molecule has 1 heterocycles. The van der Waals surface area contributed by atoms with Crippen LogP contribution in [0.1, 0.15) is 27.2 Å². The Morgan fingerprint density at radius 1 is 1.29 bits per heavy atom. The predicted octanol–water partition coefficient (Wildman–Crippen LogP) is 1.63. The summed E-state index contributed by atoms with van der Waals surface area (Å²) >= 11 is 0. The SMILES string of the molecule is Cc1ccccc1CNC(=O)c1ncccc1C#CCN. The van der Waals surface area contributed by atoms with Crippen LogP contribution in [-0.4, -0.2) is 17.4 Å². The second-order valence-electron chi connectivity index (χ2n) is 4.51. The van der Waals surface area contributed by atoms with Crippen LogP contribution in [0.2, 0.25) is 0 Å². The van der Waals surface area contributed by atoms with Gasteiger partial charge in [-0.05, 0) is 30.2 Å². The molecule has 0 radical (unpaired) electrons. The number of hydrogen-bond donors (Lipinski definition) is 2. The van der Waals surface area contributed by atoms with Crippen molar-refractivity contribution < 1.29 is 4.79 Å². The fourth-order valence-corrected chi connectivity index (χ4v) is 1.90. The van der Waals surface area contributed by atoms with Crippen molar-refractivity contribution in [2.45, 2.75) is 13.5 Å². The molecule has 21 heavy (non-hydrogen) atoms. The molecule has 4 heteroatoms. The van der Waals surface area contributed by atoms with Gasteiger partial charge in [0.2, 0.25) is 0 Å². The maximum absolute atomic E-state index is 12.2. The smallest absolute Gasteiger partial charge is 0.271 e. The number of amides is 1. The molecule has 0 bridgehead atoms. The summed E-state index contributed by atoms with van der Waals surface area (Å²) in [5.74, 6) is 5.37. The lowest BCUT2D eigenvalue weighted by atomic mass is 10.1. The zero-order valence-electron chi connectivity index (χ0n) is 11.9. The van der Waals surface area contributed by atoms with Crippen LogP contribution in [0.5, 0.6) is 0 Å². The van der Waals surface area contributed by atoms with Gasteiger partial charge in [-0.3, -0.25) is 4.79 Å². The van der Waals surface area contributed by atoms with Gasteiger partial charge in [0.05, 0.1) is 12.1 Å². The Bertz CT molecular complexity index is 698.